The number of anilines is 2. The Morgan fingerprint density at radius 1 is 1.25 bits per heavy atom. The molecule has 14 heteroatoms. The molecule has 2 aromatic rings. The molecule has 210 valence electrons. The zero-order chi connectivity index (χ0) is 29.3. The number of nitrogens with zero attached hydrogens (tertiary/aromatic N) is 1. The lowest BCUT2D eigenvalue weighted by Gasteiger charge is -2.50. The summed E-state index contributed by atoms with van der Waals surface area (Å²) in [5, 5.41) is 60.3. The quantitative estimate of drug-likeness (QED) is 0.153. The maximum absolute atomic E-state index is 13.7. The third-order valence-electron chi connectivity index (χ3n) is 7.73. The zero-order valence-corrected chi connectivity index (χ0v) is 22.0. The molecule has 40 heavy (non-hydrogen) atoms. The molecule has 1 fully saturated rings. The van der Waals surface area contributed by atoms with Gasteiger partial charge in [0.1, 0.15) is 22.8 Å². The lowest BCUT2D eigenvalue weighted by molar-refractivity contribution is -0.160. The van der Waals surface area contributed by atoms with Crippen molar-refractivity contribution in [2.45, 2.75) is 37.9 Å². The van der Waals surface area contributed by atoms with Gasteiger partial charge in [0.15, 0.2) is 22.2 Å². The normalized spacial score (nSPS) is 27.6. The molecule has 5 atom stereocenters. The van der Waals surface area contributed by atoms with E-state index in [-0.39, 0.29) is 28.7 Å². The minimum absolute atomic E-state index is 0.0481. The number of Topliss-reactive ketones (excluding diaryl/α,β-unsaturated/α-hetero) is 2. The highest BCUT2D eigenvalue weighted by molar-refractivity contribution is 7.14. The number of fused-ring (bicyclic) bond motifs is 3. The molecule has 0 radical (unpaired) electrons. The van der Waals surface area contributed by atoms with Crippen LogP contribution < -0.4 is 11.1 Å². The van der Waals surface area contributed by atoms with E-state index < -0.39 is 87.7 Å². The molecule has 1 saturated carbocycles. The van der Waals surface area contributed by atoms with Crippen molar-refractivity contribution in [1.82, 2.24) is 4.98 Å². The molecular formula is C26H25N3O10S. The van der Waals surface area contributed by atoms with Crippen LogP contribution in [0.5, 0.6) is 5.75 Å². The second-order valence-corrected chi connectivity index (χ2v) is 10.7. The molecule has 0 saturated heterocycles. The van der Waals surface area contributed by atoms with Crippen LogP contribution in [0.4, 0.5) is 10.8 Å². The van der Waals surface area contributed by atoms with Gasteiger partial charge in [0.2, 0.25) is 5.78 Å². The van der Waals surface area contributed by atoms with Crippen LogP contribution in [-0.2, 0) is 19.1 Å². The van der Waals surface area contributed by atoms with Crippen molar-refractivity contribution in [2.75, 3.05) is 11.9 Å². The molecule has 0 spiro atoms. The van der Waals surface area contributed by atoms with E-state index in [4.69, 9.17) is 10.5 Å². The number of benzene rings is 1. The Morgan fingerprint density at radius 3 is 2.60 bits per heavy atom. The average molecular weight is 572 g/mol. The number of nitrogens with two attached hydrogens (primary N) is 1. The molecule has 0 bridgehead atoms. The van der Waals surface area contributed by atoms with Crippen LogP contribution in [0.2, 0.25) is 0 Å². The van der Waals surface area contributed by atoms with Crippen molar-refractivity contribution in [3.8, 4) is 5.75 Å². The summed E-state index contributed by atoms with van der Waals surface area (Å²) in [6, 6.07) is 3.04. The molecule has 1 amide bonds. The first-order chi connectivity index (χ1) is 18.8. The number of hydrogen-bond acceptors (Lipinski definition) is 13. The fourth-order valence-corrected chi connectivity index (χ4v) is 6.54. The number of nitrogens with one attached hydrogen (secondary N) is 1. The van der Waals surface area contributed by atoms with E-state index >= 15 is 0 Å². The average Bonchev–Trinajstić information content (AvgIpc) is 3.36. The summed E-state index contributed by atoms with van der Waals surface area (Å²) >= 11 is 1.05. The number of ketones is 2. The van der Waals surface area contributed by atoms with E-state index in [1.54, 1.807) is 19.9 Å². The molecule has 8 N–H and O–H groups in total. The van der Waals surface area contributed by atoms with E-state index in [2.05, 4.69) is 10.3 Å². The van der Waals surface area contributed by atoms with E-state index in [1.165, 1.54) is 11.4 Å². The summed E-state index contributed by atoms with van der Waals surface area (Å²) < 4.78 is 4.91. The van der Waals surface area contributed by atoms with Crippen molar-refractivity contribution in [2.24, 2.45) is 17.6 Å². The highest BCUT2D eigenvalue weighted by Crippen LogP contribution is 2.56. The molecule has 5 unspecified atom stereocenters. The number of primary amides is 1. The number of esters is 1. The van der Waals surface area contributed by atoms with Crippen molar-refractivity contribution in [1.29, 1.82) is 0 Å². The summed E-state index contributed by atoms with van der Waals surface area (Å²) in [5.41, 5.74) is 1.14. The van der Waals surface area contributed by atoms with Crippen molar-refractivity contribution < 1.29 is 49.4 Å². The Hall–Kier alpha value is -4.27. The van der Waals surface area contributed by atoms with Gasteiger partial charge in [-0.1, -0.05) is 13.0 Å². The molecule has 5 rings (SSSR count). The number of carbonyl (C=O) groups is 4. The van der Waals surface area contributed by atoms with Crippen LogP contribution in [0, 0.1) is 11.8 Å². The molecule has 13 nitrogen and oxygen atoms in total. The maximum Gasteiger partial charge on any atom is 0.357 e. The van der Waals surface area contributed by atoms with Crippen molar-refractivity contribution >= 4 is 51.4 Å². The standard InChI is InChI=1S/C26H25N3O10S/c1-3-39-24(37)12-7-40-25(29-12)28-11-5-4-9-8(2)14-17(20(33)15(9)19(11)32)22(35)26(38)10(18(14)31)6-13(30)16(21(26)34)23(27)36/h4-5,7-8,10,14,18,31-34,38H,3,6H2,1-2H3,(H2,27,36)(H,28,29). The number of aliphatic hydroxyl groups excluding tert-OH is 3. The van der Waals surface area contributed by atoms with Gasteiger partial charge in [-0.15, -0.1) is 11.3 Å². The molecule has 1 aromatic heterocycles. The van der Waals surface area contributed by atoms with Gasteiger partial charge in [0.25, 0.3) is 5.91 Å². The number of aliphatic hydroxyl groups is 4. The number of carbonyl (C=O) groups excluding carboxylic acids is 4. The highest BCUT2D eigenvalue weighted by atomic mass is 32.1. The summed E-state index contributed by atoms with van der Waals surface area (Å²) in [6.07, 6.45) is -2.26. The van der Waals surface area contributed by atoms with E-state index in [9.17, 15) is 44.7 Å². The summed E-state index contributed by atoms with van der Waals surface area (Å²) in [5.74, 6) is -10.0. The van der Waals surface area contributed by atoms with Gasteiger partial charge in [-0.25, -0.2) is 9.78 Å². The van der Waals surface area contributed by atoms with Gasteiger partial charge < -0.3 is 41.3 Å². The monoisotopic (exact) mass is 571 g/mol. The van der Waals surface area contributed by atoms with Crippen LogP contribution in [0.15, 0.2) is 34.4 Å². The molecule has 3 aliphatic rings. The number of thiazole rings is 1. The molecule has 0 aliphatic heterocycles. The second kappa shape index (κ2) is 9.43. The number of ether oxygens (including phenoxy) is 1. The summed E-state index contributed by atoms with van der Waals surface area (Å²) in [6.45, 7) is 3.44. The minimum Gasteiger partial charge on any atom is -0.508 e. The maximum atomic E-state index is 13.7. The summed E-state index contributed by atoms with van der Waals surface area (Å²) in [4.78, 5) is 54.1. The molecule has 3 aliphatic carbocycles. The fourth-order valence-electron chi connectivity index (χ4n) is 5.84. The first-order valence-corrected chi connectivity index (χ1v) is 13.1. The number of hydrogen-bond donors (Lipinski definition) is 7. The predicted molar refractivity (Wildman–Crippen MR) is 139 cm³/mol. The Morgan fingerprint density at radius 2 is 1.95 bits per heavy atom. The van der Waals surface area contributed by atoms with E-state index in [0.29, 0.717) is 5.56 Å². The SMILES string of the molecule is CCOC(=O)c1csc(Nc2ccc3c(c2O)C(O)=C2C(=O)C4(O)C(O)=C(C(N)=O)C(=O)CC4C(O)C2C3C)n1. The van der Waals surface area contributed by atoms with Gasteiger partial charge in [-0.2, -0.15) is 0 Å². The van der Waals surface area contributed by atoms with E-state index in [0.717, 1.165) is 11.3 Å². The number of aromatic hydroxyl groups is 1. The number of phenols is 1. The summed E-state index contributed by atoms with van der Waals surface area (Å²) in [7, 11) is 0. The number of aromatic nitrogens is 1. The number of rotatable bonds is 5. The lowest BCUT2D eigenvalue weighted by Crippen LogP contribution is -2.63. The van der Waals surface area contributed by atoms with Gasteiger partial charge in [0, 0.05) is 29.2 Å². The zero-order valence-electron chi connectivity index (χ0n) is 21.2. The third-order valence-corrected chi connectivity index (χ3v) is 8.49. The van der Waals surface area contributed by atoms with Crippen LogP contribution in [0.1, 0.15) is 47.8 Å². The van der Waals surface area contributed by atoms with Crippen molar-refractivity contribution in [3.63, 3.8) is 0 Å². The van der Waals surface area contributed by atoms with Crippen LogP contribution >= 0.6 is 11.3 Å². The van der Waals surface area contributed by atoms with Gasteiger partial charge in [-0.05, 0) is 24.5 Å². The highest BCUT2D eigenvalue weighted by Gasteiger charge is 2.64. The minimum atomic E-state index is -2.91. The van der Waals surface area contributed by atoms with Crippen molar-refractivity contribution in [3.05, 3.63) is 51.2 Å². The Kier molecular flexibility index (Phi) is 6.44. The third kappa shape index (κ3) is 3.71. The first-order valence-electron chi connectivity index (χ1n) is 12.2. The number of amides is 1. The Labute approximate surface area is 230 Å². The fraction of sp³-hybridized carbons (Fsp3) is 0.346. The largest absolute Gasteiger partial charge is 0.508 e. The van der Waals surface area contributed by atoms with E-state index in [1.807, 2.05) is 0 Å². The topological polar surface area (TPSA) is 230 Å². The second-order valence-electron chi connectivity index (χ2n) is 9.79. The Bertz CT molecular complexity index is 1560. The first kappa shape index (κ1) is 27.3. The lowest BCUT2D eigenvalue weighted by atomic mass is 9.55. The van der Waals surface area contributed by atoms with Gasteiger partial charge in [-0.3, -0.25) is 14.4 Å². The smallest absolute Gasteiger partial charge is 0.357 e. The molecule has 1 heterocycles. The Balaban J connectivity index is 1.61. The van der Waals surface area contributed by atoms with Gasteiger partial charge >= 0.3 is 5.97 Å². The van der Waals surface area contributed by atoms with Crippen LogP contribution in [0.25, 0.3) is 5.76 Å². The van der Waals surface area contributed by atoms with Crippen LogP contribution in [-0.4, -0.2) is 72.3 Å². The molecule has 1 aromatic carbocycles. The van der Waals surface area contributed by atoms with Gasteiger partial charge in [0.05, 0.1) is 24.0 Å². The predicted octanol–water partition coefficient (Wildman–Crippen LogP) is 1.33. The number of phenolic OH excluding ortho intramolecular Hbond substituents is 1. The molecular weight excluding hydrogens is 546 g/mol. The van der Waals surface area contributed by atoms with Crippen LogP contribution in [0.3, 0.4) is 0 Å².